The molecule has 0 aliphatic heterocycles. The van der Waals surface area contributed by atoms with Crippen molar-refractivity contribution < 1.29 is 78.6 Å². The van der Waals surface area contributed by atoms with Crippen molar-refractivity contribution in [2.75, 3.05) is 0 Å². The van der Waals surface area contributed by atoms with Crippen LogP contribution in [-0.4, -0.2) is 62.6 Å². The molecule has 2 aromatic carbocycles. The summed E-state index contributed by atoms with van der Waals surface area (Å²) in [4.78, 5) is 97.7. The molecule has 0 radical (unpaired) electrons. The number of benzene rings is 2. The summed E-state index contributed by atoms with van der Waals surface area (Å²) in [6.07, 6.45) is 1.91. The summed E-state index contributed by atoms with van der Waals surface area (Å²) in [7, 11) is 0. The Labute approximate surface area is 312 Å². The van der Waals surface area contributed by atoms with Crippen LogP contribution < -0.4 is 15.3 Å². The molecule has 0 spiro atoms. The molecule has 2 aromatic heterocycles. The second-order valence-corrected chi connectivity index (χ2v) is 9.93. The molecule has 14 nitrogen and oxygen atoms in total. The van der Waals surface area contributed by atoms with Gasteiger partial charge in [0, 0.05) is 23.5 Å². The maximum absolute atomic E-state index is 10.1. The first-order valence-electron chi connectivity index (χ1n) is 14.7. The van der Waals surface area contributed by atoms with E-state index in [1.165, 1.54) is 0 Å². The maximum Gasteiger partial charge on any atom is 3.00 e. The minimum absolute atomic E-state index is 0. The van der Waals surface area contributed by atoms with Gasteiger partial charge in [-0.1, -0.05) is 72.8 Å². The maximum atomic E-state index is 10.1. The standard InChI is InChI=1S/2C11H9N.3C5H6O4.Ir/c2*1-2-6-10(7-3-1)11-8-4-5-9-12-11;3*1-3(6)2-4(7)5(8)9;/h2*1-9H;3*2H2,1H3,(H,8,9);/q;;;;;+3/p-3. The van der Waals surface area contributed by atoms with Crippen molar-refractivity contribution in [2.24, 2.45) is 0 Å². The number of carbonyl (C=O) groups excluding carboxylic acids is 9. The quantitative estimate of drug-likeness (QED) is 0.146. The number of hydrogen-bond acceptors (Lipinski definition) is 14. The summed E-state index contributed by atoms with van der Waals surface area (Å²) in [6, 6.07) is 32.2. The van der Waals surface area contributed by atoms with E-state index in [9.17, 15) is 58.5 Å². The number of nitrogens with zero attached hydrogens (tertiary/aromatic N) is 2. The Kier molecular flexibility index (Phi) is 25.5. The fourth-order valence-corrected chi connectivity index (χ4v) is 3.18. The van der Waals surface area contributed by atoms with E-state index in [4.69, 9.17) is 0 Å². The van der Waals surface area contributed by atoms with Gasteiger partial charge >= 0.3 is 20.1 Å². The number of carbonyl (C=O) groups is 9. The zero-order valence-electron chi connectivity index (χ0n) is 28.1. The molecule has 0 fully saturated rings. The minimum Gasteiger partial charge on any atom is -0.542 e. The van der Waals surface area contributed by atoms with Crippen LogP contribution in [-0.2, 0) is 63.3 Å². The Morgan fingerprint density at radius 1 is 0.423 bits per heavy atom. The van der Waals surface area contributed by atoms with Gasteiger partial charge in [-0.05, 0) is 45.0 Å². The number of aromatic nitrogens is 2. The Morgan fingerprint density at radius 2 is 0.673 bits per heavy atom. The van der Waals surface area contributed by atoms with Crippen molar-refractivity contribution >= 4 is 52.6 Å². The van der Waals surface area contributed by atoms with Crippen LogP contribution in [0.4, 0.5) is 0 Å². The predicted molar refractivity (Wildman–Crippen MR) is 175 cm³/mol. The summed E-state index contributed by atoms with van der Waals surface area (Å²) >= 11 is 0. The normalized spacial score (nSPS) is 8.90. The number of rotatable bonds is 11. The molecular weight excluding hydrogens is 857 g/mol. The molecule has 0 atom stereocenters. The minimum atomic E-state index is -1.80. The van der Waals surface area contributed by atoms with Gasteiger partial charge in [-0.15, -0.1) is 0 Å². The van der Waals surface area contributed by atoms with Gasteiger partial charge in [0.15, 0.2) is 17.3 Å². The van der Waals surface area contributed by atoms with Gasteiger partial charge in [-0.2, -0.15) is 0 Å². The van der Waals surface area contributed by atoms with Gasteiger partial charge in [0.25, 0.3) is 0 Å². The zero-order valence-corrected chi connectivity index (χ0v) is 30.5. The van der Waals surface area contributed by atoms with Gasteiger partial charge in [0.1, 0.15) is 35.3 Å². The predicted octanol–water partition coefficient (Wildman–Crippen LogP) is 0.348. The fraction of sp³-hybridized carbons (Fsp3) is 0.162. The monoisotopic (exact) mass is 890 g/mol. The van der Waals surface area contributed by atoms with E-state index >= 15 is 0 Å². The van der Waals surface area contributed by atoms with E-state index in [-0.39, 0.29) is 20.1 Å². The largest absolute Gasteiger partial charge is 3.00 e. The van der Waals surface area contributed by atoms with Crippen LogP contribution in [0.25, 0.3) is 22.5 Å². The Balaban J connectivity index is 0. The molecule has 15 heteroatoms. The Hall–Kier alpha value is -6.18. The number of ketones is 6. The van der Waals surface area contributed by atoms with Crippen LogP contribution in [0.2, 0.25) is 0 Å². The van der Waals surface area contributed by atoms with Gasteiger partial charge in [0.05, 0.1) is 30.7 Å². The molecule has 0 saturated heterocycles. The molecular formula is C37H33IrN2O12. The van der Waals surface area contributed by atoms with E-state index in [0.29, 0.717) is 0 Å². The first kappa shape index (κ1) is 47.9. The van der Waals surface area contributed by atoms with Crippen LogP contribution in [0.1, 0.15) is 40.0 Å². The van der Waals surface area contributed by atoms with Crippen LogP contribution in [0.3, 0.4) is 0 Å². The Bertz CT molecular complexity index is 1530. The number of aliphatic carboxylic acids is 3. The second-order valence-electron chi connectivity index (χ2n) is 9.93. The second kappa shape index (κ2) is 27.6. The number of hydrogen-bond donors (Lipinski definition) is 0. The van der Waals surface area contributed by atoms with E-state index in [2.05, 4.69) is 34.2 Å². The van der Waals surface area contributed by atoms with Crippen LogP contribution >= 0.6 is 0 Å². The van der Waals surface area contributed by atoms with E-state index in [1.807, 2.05) is 85.2 Å². The van der Waals surface area contributed by atoms with Gasteiger partial charge in [-0.3, -0.25) is 38.7 Å². The van der Waals surface area contributed by atoms with Crippen molar-refractivity contribution in [3.63, 3.8) is 0 Å². The SMILES string of the molecule is CC(=O)CC(=O)C(=O)[O-].CC(=O)CC(=O)C(=O)[O-].CC(=O)CC(=O)C(=O)[O-].[Ir+3].c1ccc(-c2ccccn2)cc1.c1ccc(-c2ccccn2)cc1. The molecule has 52 heavy (non-hydrogen) atoms. The van der Waals surface area contributed by atoms with Crippen LogP contribution in [0.15, 0.2) is 109 Å². The molecule has 0 saturated carbocycles. The average molecular weight is 890 g/mol. The third-order valence-electron chi connectivity index (χ3n) is 5.38. The molecule has 0 amide bonds. The summed E-state index contributed by atoms with van der Waals surface area (Å²) < 4.78 is 0. The smallest absolute Gasteiger partial charge is 0.542 e. The molecule has 272 valence electrons. The fourth-order valence-electron chi connectivity index (χ4n) is 3.18. The molecule has 2 heterocycles. The van der Waals surface area contributed by atoms with Crippen molar-refractivity contribution in [3.05, 3.63) is 109 Å². The van der Waals surface area contributed by atoms with Gasteiger partial charge in [0.2, 0.25) is 0 Å². The first-order valence-corrected chi connectivity index (χ1v) is 14.7. The zero-order chi connectivity index (χ0) is 38.8. The third-order valence-corrected chi connectivity index (χ3v) is 5.38. The molecule has 4 rings (SSSR count). The number of carboxylic acids is 3. The molecule has 4 aromatic rings. The summed E-state index contributed by atoms with van der Waals surface area (Å²) in [5, 5.41) is 28.9. The van der Waals surface area contributed by atoms with Crippen molar-refractivity contribution in [1.29, 1.82) is 0 Å². The van der Waals surface area contributed by atoms with Gasteiger partial charge in [-0.25, -0.2) is 0 Å². The molecule has 0 aliphatic rings. The van der Waals surface area contributed by atoms with Crippen LogP contribution in [0.5, 0.6) is 0 Å². The van der Waals surface area contributed by atoms with Crippen molar-refractivity contribution in [2.45, 2.75) is 40.0 Å². The molecule has 0 bridgehead atoms. The summed E-state index contributed by atoms with van der Waals surface area (Å²) in [5.41, 5.74) is 4.38. The molecule has 0 N–H and O–H groups in total. The summed E-state index contributed by atoms with van der Waals surface area (Å²) in [6.45, 7) is 3.42. The third kappa shape index (κ3) is 24.0. The van der Waals surface area contributed by atoms with Crippen molar-refractivity contribution in [1.82, 2.24) is 9.97 Å². The van der Waals surface area contributed by atoms with E-state index < -0.39 is 71.9 Å². The molecule has 0 unspecified atom stereocenters. The molecule has 0 aliphatic carbocycles. The number of Topliss-reactive ketones (excluding diaryl/α,β-unsaturated/α-hetero) is 6. The Morgan fingerprint density at radius 3 is 0.846 bits per heavy atom. The summed E-state index contributed by atoms with van der Waals surface area (Å²) in [5.74, 6) is -10.3. The van der Waals surface area contributed by atoms with Crippen molar-refractivity contribution in [3.8, 4) is 22.5 Å². The van der Waals surface area contributed by atoms with E-state index in [1.54, 1.807) is 0 Å². The number of carboxylic acid groups (broad SMARTS) is 3. The topological polar surface area (TPSA) is 249 Å². The van der Waals surface area contributed by atoms with Gasteiger partial charge < -0.3 is 29.7 Å². The first-order chi connectivity index (χ1) is 24.0. The van der Waals surface area contributed by atoms with Crippen LogP contribution in [0, 0.1) is 0 Å². The number of pyridine rings is 2. The average Bonchev–Trinajstić information content (AvgIpc) is 3.10. The van der Waals surface area contributed by atoms with E-state index in [0.717, 1.165) is 43.3 Å².